The summed E-state index contributed by atoms with van der Waals surface area (Å²) in [7, 11) is 0. The second-order valence-corrected chi connectivity index (χ2v) is 5.01. The Labute approximate surface area is 115 Å². The molecule has 0 radical (unpaired) electrons. The van der Waals surface area contributed by atoms with Crippen LogP contribution in [0.25, 0.3) is 0 Å². The van der Waals surface area contributed by atoms with Crippen LogP contribution in [-0.4, -0.2) is 11.4 Å². The maximum absolute atomic E-state index is 15.3. The number of amides is 1. The molecule has 1 aromatic carbocycles. The molecule has 1 amide bonds. The average molecular weight is 271 g/mol. The van der Waals surface area contributed by atoms with E-state index in [1.54, 1.807) is 24.3 Å². The van der Waals surface area contributed by atoms with E-state index in [0.29, 0.717) is 17.7 Å². The zero-order valence-corrected chi connectivity index (χ0v) is 10.8. The molecule has 0 saturated heterocycles. The van der Waals surface area contributed by atoms with Crippen LogP contribution in [0.5, 0.6) is 0 Å². The molecule has 1 aliphatic rings. The highest BCUT2D eigenvalue weighted by Gasteiger charge is 2.41. The standard InChI is InChI=1S/C15H14FN3O/c16-15(13-2-1-5-18-14(13)19-9-20)7-10-3-4-12(17)6-11(10)8-15/h1-6,9H,7-8,17H2,(H,18,19,20). The predicted molar refractivity (Wildman–Crippen MR) is 75.0 cm³/mol. The zero-order valence-electron chi connectivity index (χ0n) is 10.8. The van der Waals surface area contributed by atoms with Crippen LogP contribution in [0.15, 0.2) is 36.5 Å². The SMILES string of the molecule is Nc1ccc2c(c1)CC(F)(c1cccnc1NC=O)C2. The molecule has 1 unspecified atom stereocenters. The fourth-order valence-corrected chi connectivity index (χ4v) is 2.78. The summed E-state index contributed by atoms with van der Waals surface area (Å²) in [6, 6.07) is 8.77. The molecular formula is C15H14FN3O. The van der Waals surface area contributed by atoms with Gasteiger partial charge in [-0.2, -0.15) is 0 Å². The number of nitrogen functional groups attached to an aromatic ring is 1. The van der Waals surface area contributed by atoms with Gasteiger partial charge in [0.05, 0.1) is 0 Å². The Morgan fingerprint density at radius 3 is 2.90 bits per heavy atom. The lowest BCUT2D eigenvalue weighted by molar-refractivity contribution is -0.105. The van der Waals surface area contributed by atoms with Crippen LogP contribution in [0.1, 0.15) is 16.7 Å². The molecule has 20 heavy (non-hydrogen) atoms. The first-order valence-corrected chi connectivity index (χ1v) is 6.34. The lowest BCUT2D eigenvalue weighted by Crippen LogP contribution is -2.22. The normalized spacial score (nSPS) is 20.4. The number of carbonyl (C=O) groups is 1. The number of nitrogens with one attached hydrogen (secondary N) is 1. The predicted octanol–water partition coefficient (Wildman–Crippen LogP) is 2.20. The van der Waals surface area contributed by atoms with Crippen molar-refractivity contribution >= 4 is 17.9 Å². The zero-order chi connectivity index (χ0) is 14.2. The highest BCUT2D eigenvalue weighted by atomic mass is 19.1. The molecule has 0 saturated carbocycles. The minimum Gasteiger partial charge on any atom is -0.399 e. The van der Waals surface area contributed by atoms with Crippen molar-refractivity contribution in [3.63, 3.8) is 0 Å². The molecule has 3 N–H and O–H groups in total. The number of pyridine rings is 1. The molecular weight excluding hydrogens is 257 g/mol. The van der Waals surface area contributed by atoms with Gasteiger partial charge in [0.15, 0.2) is 0 Å². The van der Waals surface area contributed by atoms with Crippen LogP contribution in [0.4, 0.5) is 15.9 Å². The van der Waals surface area contributed by atoms with Crippen molar-refractivity contribution in [2.24, 2.45) is 0 Å². The van der Waals surface area contributed by atoms with Gasteiger partial charge in [0.1, 0.15) is 11.5 Å². The molecule has 1 heterocycles. The Morgan fingerprint density at radius 2 is 2.10 bits per heavy atom. The first-order chi connectivity index (χ1) is 9.62. The van der Waals surface area contributed by atoms with Gasteiger partial charge >= 0.3 is 0 Å². The van der Waals surface area contributed by atoms with Gasteiger partial charge in [0.25, 0.3) is 0 Å². The molecule has 102 valence electrons. The molecule has 1 aliphatic carbocycles. The lowest BCUT2D eigenvalue weighted by atomic mass is 9.93. The molecule has 0 aliphatic heterocycles. The number of halogens is 1. The van der Waals surface area contributed by atoms with Crippen LogP contribution in [0, 0.1) is 0 Å². The highest BCUT2D eigenvalue weighted by molar-refractivity contribution is 5.71. The fraction of sp³-hybridized carbons (Fsp3) is 0.200. The molecule has 2 aromatic rings. The number of carbonyl (C=O) groups excluding carboxylic acids is 1. The van der Waals surface area contributed by atoms with Crippen molar-refractivity contribution in [3.8, 4) is 0 Å². The van der Waals surface area contributed by atoms with Gasteiger partial charge in [-0.05, 0) is 29.3 Å². The minimum atomic E-state index is -1.56. The largest absolute Gasteiger partial charge is 0.399 e. The molecule has 0 bridgehead atoms. The molecule has 0 spiro atoms. The van der Waals surface area contributed by atoms with E-state index in [1.807, 2.05) is 6.07 Å². The summed E-state index contributed by atoms with van der Waals surface area (Å²) in [5.74, 6) is 0.269. The number of nitrogens with two attached hydrogens (primary N) is 1. The summed E-state index contributed by atoms with van der Waals surface area (Å²) in [4.78, 5) is 14.7. The minimum absolute atomic E-state index is 0.243. The van der Waals surface area contributed by atoms with Gasteiger partial charge in [-0.3, -0.25) is 4.79 Å². The van der Waals surface area contributed by atoms with E-state index in [4.69, 9.17) is 5.73 Å². The average Bonchev–Trinajstić information content (AvgIpc) is 2.76. The number of aromatic nitrogens is 1. The summed E-state index contributed by atoms with van der Waals surface area (Å²) >= 11 is 0. The van der Waals surface area contributed by atoms with Gasteiger partial charge in [0, 0.05) is 30.3 Å². The number of hydrogen-bond donors (Lipinski definition) is 2. The molecule has 4 nitrogen and oxygen atoms in total. The molecule has 5 heteroatoms. The van der Waals surface area contributed by atoms with Crippen molar-refractivity contribution < 1.29 is 9.18 Å². The van der Waals surface area contributed by atoms with Crippen molar-refractivity contribution in [2.45, 2.75) is 18.5 Å². The van der Waals surface area contributed by atoms with Gasteiger partial charge in [-0.1, -0.05) is 12.1 Å². The Balaban J connectivity index is 2.02. The Morgan fingerprint density at radius 1 is 1.30 bits per heavy atom. The van der Waals surface area contributed by atoms with Crippen LogP contribution in [0.3, 0.4) is 0 Å². The summed E-state index contributed by atoms with van der Waals surface area (Å²) in [6.07, 6.45) is 2.54. The highest BCUT2D eigenvalue weighted by Crippen LogP contribution is 2.43. The van der Waals surface area contributed by atoms with Crippen LogP contribution >= 0.6 is 0 Å². The van der Waals surface area contributed by atoms with Gasteiger partial charge in [-0.25, -0.2) is 9.37 Å². The second-order valence-electron chi connectivity index (χ2n) is 5.01. The third kappa shape index (κ3) is 2.01. The van der Waals surface area contributed by atoms with E-state index < -0.39 is 5.67 Å². The number of nitrogens with zero attached hydrogens (tertiary/aromatic N) is 1. The molecule has 1 aromatic heterocycles. The van der Waals surface area contributed by atoms with E-state index in [-0.39, 0.29) is 18.7 Å². The smallest absolute Gasteiger partial charge is 0.212 e. The summed E-state index contributed by atoms with van der Waals surface area (Å²) in [6.45, 7) is 0. The van der Waals surface area contributed by atoms with E-state index in [2.05, 4.69) is 10.3 Å². The summed E-state index contributed by atoms with van der Waals surface area (Å²) in [5, 5.41) is 2.46. The van der Waals surface area contributed by atoms with Crippen LogP contribution < -0.4 is 11.1 Å². The summed E-state index contributed by atoms with van der Waals surface area (Å²) < 4.78 is 15.3. The number of hydrogen-bond acceptors (Lipinski definition) is 3. The van der Waals surface area contributed by atoms with Crippen molar-refractivity contribution in [3.05, 3.63) is 53.2 Å². The molecule has 3 rings (SSSR count). The van der Waals surface area contributed by atoms with E-state index >= 15 is 4.39 Å². The first-order valence-electron chi connectivity index (χ1n) is 6.34. The number of rotatable bonds is 3. The number of benzene rings is 1. The van der Waals surface area contributed by atoms with Crippen molar-refractivity contribution in [1.29, 1.82) is 0 Å². The quantitative estimate of drug-likeness (QED) is 0.664. The van der Waals surface area contributed by atoms with Crippen molar-refractivity contribution in [1.82, 2.24) is 4.98 Å². The number of alkyl halides is 1. The van der Waals surface area contributed by atoms with Crippen molar-refractivity contribution in [2.75, 3.05) is 11.1 Å². The molecule has 1 atom stereocenters. The van der Waals surface area contributed by atoms with E-state index in [1.165, 1.54) is 6.20 Å². The third-order valence-corrected chi connectivity index (χ3v) is 3.66. The van der Waals surface area contributed by atoms with Gasteiger partial charge in [0.2, 0.25) is 6.41 Å². The summed E-state index contributed by atoms with van der Waals surface area (Å²) in [5.41, 5.74) is 7.07. The number of anilines is 2. The van der Waals surface area contributed by atoms with E-state index in [9.17, 15) is 4.79 Å². The molecule has 0 fully saturated rings. The monoisotopic (exact) mass is 271 g/mol. The first kappa shape index (κ1) is 12.6. The van der Waals surface area contributed by atoms with Gasteiger partial charge < -0.3 is 11.1 Å². The maximum Gasteiger partial charge on any atom is 0.212 e. The van der Waals surface area contributed by atoms with Crippen LogP contribution in [-0.2, 0) is 23.3 Å². The van der Waals surface area contributed by atoms with Crippen LogP contribution in [0.2, 0.25) is 0 Å². The number of fused-ring (bicyclic) bond motifs is 1. The Bertz CT molecular complexity index is 674. The maximum atomic E-state index is 15.3. The van der Waals surface area contributed by atoms with Gasteiger partial charge in [-0.15, -0.1) is 0 Å². The van der Waals surface area contributed by atoms with E-state index in [0.717, 1.165) is 11.1 Å². The second kappa shape index (κ2) is 4.59. The Hall–Kier alpha value is -2.43. The third-order valence-electron chi connectivity index (χ3n) is 3.66. The fourth-order valence-electron chi connectivity index (χ4n) is 2.78. The topological polar surface area (TPSA) is 68.0 Å². The lowest BCUT2D eigenvalue weighted by Gasteiger charge is -2.21. The Kier molecular flexibility index (Phi) is 2.89.